The highest BCUT2D eigenvalue weighted by Crippen LogP contribution is 2.26. The summed E-state index contributed by atoms with van der Waals surface area (Å²) in [5.41, 5.74) is 2.24. The average molecular weight is 238 g/mol. The van der Waals surface area contributed by atoms with E-state index in [4.69, 9.17) is 11.6 Å². The molecule has 2 N–H and O–H groups in total. The number of hydrogen-bond donors (Lipinski definition) is 2. The molecule has 0 bridgehead atoms. The average Bonchev–Trinajstić information content (AvgIpc) is 2.67. The second-order valence-corrected chi connectivity index (χ2v) is 4.49. The molecule has 0 unspecified atom stereocenters. The molecule has 0 radical (unpaired) electrons. The molecule has 0 aliphatic rings. The topological polar surface area (TPSA) is 40.7 Å². The third kappa shape index (κ3) is 2.20. The number of aromatic amines is 1. The van der Waals surface area contributed by atoms with E-state index >= 15 is 0 Å². The number of hydrogen-bond acceptors (Lipinski definition) is 2. The van der Waals surface area contributed by atoms with Crippen LogP contribution in [-0.2, 0) is 0 Å². The van der Waals surface area contributed by atoms with Crippen LogP contribution in [0.25, 0.3) is 10.9 Å². The summed E-state index contributed by atoms with van der Waals surface area (Å²) in [4.78, 5) is 0. The first-order valence-electron chi connectivity index (χ1n) is 5.50. The summed E-state index contributed by atoms with van der Waals surface area (Å²) in [6.07, 6.45) is 1.12. The summed E-state index contributed by atoms with van der Waals surface area (Å²) >= 11 is 6.02. The van der Waals surface area contributed by atoms with Crippen molar-refractivity contribution in [2.24, 2.45) is 0 Å². The molecule has 0 saturated heterocycles. The molecule has 1 aromatic carbocycles. The monoisotopic (exact) mass is 237 g/mol. The van der Waals surface area contributed by atoms with E-state index in [0.717, 1.165) is 23.9 Å². The van der Waals surface area contributed by atoms with Crippen molar-refractivity contribution in [2.45, 2.75) is 19.3 Å². The number of aromatic nitrogens is 2. The van der Waals surface area contributed by atoms with Gasteiger partial charge in [-0.15, -0.1) is 0 Å². The number of fused-ring (bicyclic) bond motifs is 1. The lowest BCUT2D eigenvalue weighted by molar-refractivity contribution is 0.637. The van der Waals surface area contributed by atoms with Crippen LogP contribution < -0.4 is 5.32 Å². The number of nitrogens with one attached hydrogen (secondary N) is 2. The highest BCUT2D eigenvalue weighted by Gasteiger charge is 2.08. The number of rotatable bonds is 4. The molecule has 0 saturated carbocycles. The summed E-state index contributed by atoms with van der Waals surface area (Å²) < 4.78 is 0. The number of H-pyrrole nitrogens is 1. The van der Waals surface area contributed by atoms with Crippen LogP contribution in [0.3, 0.4) is 0 Å². The fraction of sp³-hybridized carbons (Fsp3) is 0.417. The lowest BCUT2D eigenvalue weighted by atomic mass is 9.97. The Hall–Kier alpha value is -1.06. The molecular formula is C12H16ClN3. The zero-order valence-corrected chi connectivity index (χ0v) is 10.3. The molecule has 0 amide bonds. The number of halogens is 1. The molecule has 4 heteroatoms. The molecular weight excluding hydrogens is 222 g/mol. The molecule has 0 aliphatic heterocycles. The van der Waals surface area contributed by atoms with Crippen LogP contribution in [0.4, 0.5) is 0 Å². The van der Waals surface area contributed by atoms with Gasteiger partial charge in [0.25, 0.3) is 0 Å². The Bertz CT molecular complexity index is 478. The fourth-order valence-electron chi connectivity index (χ4n) is 1.83. The zero-order chi connectivity index (χ0) is 11.5. The van der Waals surface area contributed by atoms with Crippen molar-refractivity contribution in [3.63, 3.8) is 0 Å². The third-order valence-corrected chi connectivity index (χ3v) is 3.22. The molecule has 2 rings (SSSR count). The van der Waals surface area contributed by atoms with Crippen molar-refractivity contribution < 1.29 is 0 Å². The number of nitrogens with zero attached hydrogens (tertiary/aromatic N) is 1. The van der Waals surface area contributed by atoms with Gasteiger partial charge in [0, 0.05) is 5.39 Å². The first kappa shape index (κ1) is 11.4. The summed E-state index contributed by atoms with van der Waals surface area (Å²) in [6, 6.07) is 6.27. The van der Waals surface area contributed by atoms with Gasteiger partial charge in [-0.3, -0.25) is 5.10 Å². The van der Waals surface area contributed by atoms with Gasteiger partial charge in [-0.05, 0) is 43.6 Å². The maximum Gasteiger partial charge on any atom is 0.132 e. The summed E-state index contributed by atoms with van der Waals surface area (Å²) in [7, 11) is 1.98. The van der Waals surface area contributed by atoms with Crippen LogP contribution in [0.15, 0.2) is 18.2 Å². The summed E-state index contributed by atoms with van der Waals surface area (Å²) in [5, 5.41) is 11.7. The molecule has 16 heavy (non-hydrogen) atoms. The van der Waals surface area contributed by atoms with Gasteiger partial charge < -0.3 is 5.32 Å². The Morgan fingerprint density at radius 2 is 2.31 bits per heavy atom. The van der Waals surface area contributed by atoms with Gasteiger partial charge in [-0.25, -0.2) is 0 Å². The Kier molecular flexibility index (Phi) is 3.46. The van der Waals surface area contributed by atoms with Gasteiger partial charge >= 0.3 is 0 Å². The minimum atomic E-state index is 0.530. The first-order valence-corrected chi connectivity index (χ1v) is 5.88. The van der Waals surface area contributed by atoms with E-state index in [1.807, 2.05) is 13.1 Å². The maximum absolute atomic E-state index is 6.02. The molecule has 1 heterocycles. The quantitative estimate of drug-likeness (QED) is 0.859. The van der Waals surface area contributed by atoms with E-state index < -0.39 is 0 Å². The highest BCUT2D eigenvalue weighted by molar-refractivity contribution is 6.34. The molecule has 1 atom stereocenters. The first-order chi connectivity index (χ1) is 7.72. The van der Waals surface area contributed by atoms with E-state index in [1.165, 1.54) is 5.56 Å². The smallest absolute Gasteiger partial charge is 0.132 e. The van der Waals surface area contributed by atoms with Gasteiger partial charge in [0.05, 0.1) is 5.52 Å². The zero-order valence-electron chi connectivity index (χ0n) is 9.55. The van der Waals surface area contributed by atoms with E-state index in [-0.39, 0.29) is 0 Å². The van der Waals surface area contributed by atoms with Crippen LogP contribution in [0.5, 0.6) is 0 Å². The van der Waals surface area contributed by atoms with Crippen LogP contribution >= 0.6 is 11.6 Å². The molecule has 0 aliphatic carbocycles. The Balaban J connectivity index is 2.27. The minimum Gasteiger partial charge on any atom is -0.320 e. The Morgan fingerprint density at radius 1 is 1.50 bits per heavy atom. The minimum absolute atomic E-state index is 0.530. The van der Waals surface area contributed by atoms with Crippen molar-refractivity contribution in [3.05, 3.63) is 28.9 Å². The molecule has 86 valence electrons. The van der Waals surface area contributed by atoms with Crippen molar-refractivity contribution in [2.75, 3.05) is 13.6 Å². The van der Waals surface area contributed by atoms with Gasteiger partial charge in [-0.1, -0.05) is 24.6 Å². The lowest BCUT2D eigenvalue weighted by Gasteiger charge is -2.11. The van der Waals surface area contributed by atoms with Gasteiger partial charge in [-0.2, -0.15) is 5.10 Å². The van der Waals surface area contributed by atoms with Gasteiger partial charge in [0.1, 0.15) is 5.15 Å². The SMILES string of the molecule is CNCC[C@H](C)c1ccc2n[nH]c(Cl)c2c1. The third-order valence-electron chi connectivity index (χ3n) is 2.93. The van der Waals surface area contributed by atoms with E-state index in [9.17, 15) is 0 Å². The highest BCUT2D eigenvalue weighted by atomic mass is 35.5. The molecule has 2 aromatic rings. The molecule has 3 nitrogen and oxygen atoms in total. The van der Waals surface area contributed by atoms with E-state index in [1.54, 1.807) is 0 Å². The van der Waals surface area contributed by atoms with Crippen molar-refractivity contribution >= 4 is 22.5 Å². The van der Waals surface area contributed by atoms with Crippen molar-refractivity contribution in [1.82, 2.24) is 15.5 Å². The van der Waals surface area contributed by atoms with Crippen LogP contribution in [-0.4, -0.2) is 23.8 Å². The maximum atomic E-state index is 6.02. The second-order valence-electron chi connectivity index (χ2n) is 4.11. The summed E-state index contributed by atoms with van der Waals surface area (Å²) in [5.74, 6) is 0.530. The predicted molar refractivity (Wildman–Crippen MR) is 68.1 cm³/mol. The van der Waals surface area contributed by atoms with Gasteiger partial charge in [0.2, 0.25) is 0 Å². The standard InChI is InChI=1S/C12H16ClN3/c1-8(5-6-14-2)9-3-4-11-10(7-9)12(13)16-15-11/h3-4,7-8,14H,5-6H2,1-2H3,(H,15,16)/t8-/m0/s1. The lowest BCUT2D eigenvalue weighted by Crippen LogP contribution is -2.10. The van der Waals surface area contributed by atoms with Crippen molar-refractivity contribution in [1.29, 1.82) is 0 Å². The van der Waals surface area contributed by atoms with Crippen molar-refractivity contribution in [3.8, 4) is 0 Å². The summed E-state index contributed by atoms with van der Waals surface area (Å²) in [6.45, 7) is 3.25. The molecule has 0 fully saturated rings. The number of benzene rings is 1. The largest absolute Gasteiger partial charge is 0.320 e. The second kappa shape index (κ2) is 4.85. The fourth-order valence-corrected chi connectivity index (χ4v) is 2.02. The van der Waals surface area contributed by atoms with Crippen LogP contribution in [0.2, 0.25) is 5.15 Å². The Morgan fingerprint density at radius 3 is 3.06 bits per heavy atom. The van der Waals surface area contributed by atoms with E-state index in [0.29, 0.717) is 11.1 Å². The normalized spacial score (nSPS) is 13.2. The predicted octanol–water partition coefficient (Wildman–Crippen LogP) is 2.93. The molecule has 1 aromatic heterocycles. The van der Waals surface area contributed by atoms with Gasteiger partial charge in [0.15, 0.2) is 0 Å². The van der Waals surface area contributed by atoms with Crippen LogP contribution in [0.1, 0.15) is 24.8 Å². The Labute approximate surface area is 100 Å². The molecule has 0 spiro atoms. The van der Waals surface area contributed by atoms with E-state index in [2.05, 4.69) is 34.6 Å². The van der Waals surface area contributed by atoms with Crippen LogP contribution in [0, 0.1) is 0 Å².